The highest BCUT2D eigenvalue weighted by Gasteiger charge is 2.33. The zero-order chi connectivity index (χ0) is 25.6. The number of nitrogens with one attached hydrogen (secondary N) is 1. The van der Waals surface area contributed by atoms with Gasteiger partial charge in [0.1, 0.15) is 12.6 Å². The number of nitrogens with zero attached hydrogens (tertiary/aromatic N) is 3. The number of carbonyl (C=O) groups excluding carboxylic acids is 2. The van der Waals surface area contributed by atoms with Crippen LogP contribution in [0.5, 0.6) is 0 Å². The summed E-state index contributed by atoms with van der Waals surface area (Å²) in [6.45, 7) is 4.60. The van der Waals surface area contributed by atoms with Gasteiger partial charge >= 0.3 is 10.2 Å². The molecule has 0 heterocycles. The number of carbonyl (C=O) groups is 2. The highest BCUT2D eigenvalue weighted by molar-refractivity contribution is 7.90. The molecule has 0 saturated carbocycles. The van der Waals surface area contributed by atoms with Crippen LogP contribution in [0.15, 0.2) is 48.5 Å². The Bertz CT molecular complexity index is 1090. The lowest BCUT2D eigenvalue weighted by atomic mass is 10.1. The lowest BCUT2D eigenvalue weighted by Crippen LogP contribution is -2.53. The second-order valence-corrected chi connectivity index (χ2v) is 11.1. The van der Waals surface area contributed by atoms with Crippen molar-refractivity contribution in [3.05, 3.63) is 64.1 Å². The Balaban J connectivity index is 2.49. The summed E-state index contributed by atoms with van der Waals surface area (Å²) >= 11 is 12.7. The molecule has 2 aromatic rings. The molecule has 11 heteroatoms. The van der Waals surface area contributed by atoms with Gasteiger partial charge in [-0.3, -0.25) is 9.59 Å². The van der Waals surface area contributed by atoms with Crippen LogP contribution in [0.2, 0.25) is 10.0 Å². The van der Waals surface area contributed by atoms with Crippen molar-refractivity contribution in [3.63, 3.8) is 0 Å². The largest absolute Gasteiger partial charge is 0.352 e. The van der Waals surface area contributed by atoms with Gasteiger partial charge < -0.3 is 10.2 Å². The number of hydrogen-bond donors (Lipinski definition) is 1. The normalized spacial score (nSPS) is 12.5. The number of hydrogen-bond acceptors (Lipinski definition) is 4. The molecule has 0 aliphatic rings. The second kappa shape index (κ2) is 11.9. The van der Waals surface area contributed by atoms with Crippen LogP contribution >= 0.6 is 23.2 Å². The monoisotopic (exact) mass is 528 g/mol. The molecule has 1 atom stereocenters. The topological polar surface area (TPSA) is 90.0 Å². The second-order valence-electron chi connectivity index (χ2n) is 8.19. The molecule has 0 spiro atoms. The Morgan fingerprint density at radius 1 is 0.941 bits per heavy atom. The van der Waals surface area contributed by atoms with Crippen LogP contribution in [0.1, 0.15) is 26.3 Å². The maximum absolute atomic E-state index is 13.6. The smallest absolute Gasteiger partial charge is 0.304 e. The van der Waals surface area contributed by atoms with Gasteiger partial charge in [-0.25, -0.2) is 4.31 Å². The number of halogens is 2. The Labute approximate surface area is 211 Å². The molecule has 1 unspecified atom stereocenters. The van der Waals surface area contributed by atoms with Crippen molar-refractivity contribution in [1.29, 1.82) is 0 Å². The van der Waals surface area contributed by atoms with Crippen LogP contribution < -0.4 is 9.62 Å². The van der Waals surface area contributed by atoms with Crippen LogP contribution in [0.3, 0.4) is 0 Å². The number of amides is 2. The Morgan fingerprint density at radius 3 is 2.00 bits per heavy atom. The molecule has 0 bridgehead atoms. The lowest BCUT2D eigenvalue weighted by molar-refractivity contribution is -0.139. The minimum absolute atomic E-state index is 0.0747. The van der Waals surface area contributed by atoms with E-state index in [4.69, 9.17) is 23.2 Å². The van der Waals surface area contributed by atoms with Crippen LogP contribution in [-0.4, -0.2) is 62.2 Å². The van der Waals surface area contributed by atoms with Crippen LogP contribution in [0, 0.1) is 0 Å². The molecule has 186 valence electrons. The molecule has 0 aliphatic heterocycles. The van der Waals surface area contributed by atoms with Crippen LogP contribution in [0.4, 0.5) is 5.69 Å². The average molecular weight is 529 g/mol. The van der Waals surface area contributed by atoms with E-state index in [0.29, 0.717) is 21.3 Å². The third kappa shape index (κ3) is 6.85. The molecular formula is C23H30Cl2N4O4S. The fourth-order valence-electron chi connectivity index (χ4n) is 3.15. The van der Waals surface area contributed by atoms with Crippen molar-refractivity contribution in [3.8, 4) is 0 Å². The summed E-state index contributed by atoms with van der Waals surface area (Å²) in [6.07, 6.45) is 0. The Kier molecular flexibility index (Phi) is 9.75. The van der Waals surface area contributed by atoms with Gasteiger partial charge in [-0.15, -0.1) is 0 Å². The molecule has 2 aromatic carbocycles. The summed E-state index contributed by atoms with van der Waals surface area (Å²) < 4.78 is 28.2. The minimum Gasteiger partial charge on any atom is -0.352 e. The molecule has 1 N–H and O–H groups in total. The number of rotatable bonds is 10. The first-order valence-corrected chi connectivity index (χ1v) is 12.8. The fourth-order valence-corrected chi connectivity index (χ4v) is 4.73. The van der Waals surface area contributed by atoms with E-state index in [1.165, 1.54) is 19.0 Å². The molecule has 0 radical (unpaired) electrons. The van der Waals surface area contributed by atoms with Gasteiger partial charge in [0.25, 0.3) is 0 Å². The number of anilines is 1. The standard InChI is InChI=1S/C23H30Cl2N4O4S/c1-16(2)26-23(31)17(3)28(14-19-20(24)12-9-13-21(19)25)22(30)15-29(34(32,33)27(4)5)18-10-7-6-8-11-18/h6-13,16-17H,14-15H2,1-5H3,(H,26,31). The SMILES string of the molecule is CC(C)NC(=O)C(C)N(Cc1c(Cl)cccc1Cl)C(=O)CN(c1ccccc1)S(=O)(=O)N(C)C. The summed E-state index contributed by atoms with van der Waals surface area (Å²) in [5.74, 6) is -0.968. The molecule has 0 aromatic heterocycles. The fraction of sp³-hybridized carbons (Fsp3) is 0.391. The van der Waals surface area contributed by atoms with Crippen molar-refractivity contribution in [2.45, 2.75) is 39.4 Å². The molecule has 2 amide bonds. The van der Waals surface area contributed by atoms with Crippen molar-refractivity contribution in [2.24, 2.45) is 0 Å². The molecule has 0 aliphatic carbocycles. The van der Waals surface area contributed by atoms with E-state index in [-0.39, 0.29) is 18.5 Å². The van der Waals surface area contributed by atoms with E-state index in [0.717, 1.165) is 8.61 Å². The molecule has 0 saturated heterocycles. The predicted molar refractivity (Wildman–Crippen MR) is 136 cm³/mol. The molecule has 0 fully saturated rings. The van der Waals surface area contributed by atoms with Gasteiger partial charge in [-0.05, 0) is 45.0 Å². The first-order valence-electron chi connectivity index (χ1n) is 10.6. The van der Waals surface area contributed by atoms with Crippen LogP contribution in [-0.2, 0) is 26.3 Å². The predicted octanol–water partition coefficient (Wildman–Crippen LogP) is 3.55. The first-order chi connectivity index (χ1) is 15.9. The first kappa shape index (κ1) is 27.9. The Morgan fingerprint density at radius 2 is 1.50 bits per heavy atom. The van der Waals surface area contributed by atoms with Crippen molar-refractivity contribution >= 4 is 50.9 Å². The van der Waals surface area contributed by atoms with E-state index >= 15 is 0 Å². The number of benzene rings is 2. The van der Waals surface area contributed by atoms with E-state index < -0.39 is 28.7 Å². The lowest BCUT2D eigenvalue weighted by Gasteiger charge is -2.33. The summed E-state index contributed by atoms with van der Waals surface area (Å²) in [4.78, 5) is 27.7. The minimum atomic E-state index is -4.01. The highest BCUT2D eigenvalue weighted by Crippen LogP contribution is 2.27. The third-order valence-corrected chi connectivity index (χ3v) is 7.58. The zero-order valence-corrected chi connectivity index (χ0v) is 22.2. The van der Waals surface area contributed by atoms with E-state index in [1.807, 2.05) is 13.8 Å². The van der Waals surface area contributed by atoms with Crippen molar-refractivity contribution in [1.82, 2.24) is 14.5 Å². The zero-order valence-electron chi connectivity index (χ0n) is 19.8. The molecular weight excluding hydrogens is 499 g/mol. The highest BCUT2D eigenvalue weighted by atomic mass is 35.5. The van der Waals surface area contributed by atoms with Crippen molar-refractivity contribution in [2.75, 3.05) is 24.9 Å². The number of para-hydroxylation sites is 1. The maximum atomic E-state index is 13.6. The average Bonchev–Trinajstić information content (AvgIpc) is 2.76. The Hall–Kier alpha value is -2.33. The van der Waals surface area contributed by atoms with Gasteiger partial charge in [0, 0.05) is 42.3 Å². The van der Waals surface area contributed by atoms with Gasteiger partial charge in [0.05, 0.1) is 5.69 Å². The van der Waals surface area contributed by atoms with Gasteiger partial charge in [0.15, 0.2) is 0 Å². The molecule has 2 rings (SSSR count). The van der Waals surface area contributed by atoms with Gasteiger partial charge in [-0.2, -0.15) is 12.7 Å². The summed E-state index contributed by atoms with van der Waals surface area (Å²) in [5, 5.41) is 3.46. The molecule has 34 heavy (non-hydrogen) atoms. The van der Waals surface area contributed by atoms with Crippen molar-refractivity contribution < 1.29 is 18.0 Å². The van der Waals surface area contributed by atoms with Gasteiger partial charge in [-0.1, -0.05) is 47.5 Å². The van der Waals surface area contributed by atoms with E-state index in [9.17, 15) is 18.0 Å². The van der Waals surface area contributed by atoms with Crippen LogP contribution in [0.25, 0.3) is 0 Å². The van der Waals surface area contributed by atoms with Gasteiger partial charge in [0.2, 0.25) is 11.8 Å². The quantitative estimate of drug-likeness (QED) is 0.510. The maximum Gasteiger partial charge on any atom is 0.304 e. The van der Waals surface area contributed by atoms with E-state index in [2.05, 4.69) is 5.32 Å². The molecule has 8 nitrogen and oxygen atoms in total. The third-order valence-electron chi connectivity index (χ3n) is 5.05. The summed E-state index contributed by atoms with van der Waals surface area (Å²) in [7, 11) is -1.24. The summed E-state index contributed by atoms with van der Waals surface area (Å²) in [5.41, 5.74) is 0.782. The summed E-state index contributed by atoms with van der Waals surface area (Å²) in [6, 6.07) is 12.2. The van der Waals surface area contributed by atoms with E-state index in [1.54, 1.807) is 55.5 Å².